The molecule has 0 aromatic heterocycles. The summed E-state index contributed by atoms with van der Waals surface area (Å²) in [5, 5.41) is 0. The van der Waals surface area contributed by atoms with Crippen LogP contribution in [0.1, 0.15) is 30.4 Å². The molecule has 4 N–H and O–H groups in total. The molecule has 10 nitrogen and oxygen atoms in total. The molecule has 0 aliphatic carbocycles. The van der Waals surface area contributed by atoms with E-state index < -0.39 is 23.6 Å². The van der Waals surface area contributed by atoms with Crippen molar-refractivity contribution in [1.82, 2.24) is 21.7 Å². The van der Waals surface area contributed by atoms with Gasteiger partial charge in [-0.25, -0.2) is 0 Å². The predicted molar refractivity (Wildman–Crippen MR) is 120 cm³/mol. The Bertz CT molecular complexity index is 901. The van der Waals surface area contributed by atoms with Crippen molar-refractivity contribution in [1.29, 1.82) is 0 Å². The van der Waals surface area contributed by atoms with Crippen molar-refractivity contribution in [2.24, 2.45) is 0 Å². The lowest BCUT2D eigenvalue weighted by molar-refractivity contribution is -0.131. The molecule has 0 aliphatic heterocycles. The minimum atomic E-state index is -0.514. The molecule has 0 fully saturated rings. The third kappa shape index (κ3) is 9.72. The van der Waals surface area contributed by atoms with E-state index in [0.717, 1.165) is 11.1 Å². The van der Waals surface area contributed by atoms with E-state index in [1.54, 1.807) is 24.3 Å². The van der Waals surface area contributed by atoms with Crippen LogP contribution >= 0.6 is 0 Å². The second kappa shape index (κ2) is 13.4. The number of aryl methyl sites for hydroxylation is 2. The molecule has 176 valence electrons. The molecule has 2 aromatic rings. The number of rotatable bonds is 10. The highest BCUT2D eigenvalue weighted by atomic mass is 16.5. The second-order valence-corrected chi connectivity index (χ2v) is 7.15. The fraction of sp³-hybridized carbons (Fsp3) is 0.304. The first kappa shape index (κ1) is 25.2. The van der Waals surface area contributed by atoms with Gasteiger partial charge in [-0.3, -0.25) is 40.9 Å². The summed E-state index contributed by atoms with van der Waals surface area (Å²) in [6.45, 7) is 3.22. The molecule has 2 rings (SSSR count). The Morgan fingerprint density at radius 3 is 1.36 bits per heavy atom. The van der Waals surface area contributed by atoms with Crippen molar-refractivity contribution in [2.45, 2.75) is 33.1 Å². The first-order chi connectivity index (χ1) is 15.8. The van der Waals surface area contributed by atoms with Gasteiger partial charge in [0.05, 0.1) is 0 Å². The monoisotopic (exact) mass is 456 g/mol. The minimum absolute atomic E-state index is 0.0106. The molecule has 0 unspecified atom stereocenters. The Morgan fingerprint density at radius 2 is 0.970 bits per heavy atom. The number of hydrazine groups is 2. The molecule has 0 saturated heterocycles. The zero-order chi connectivity index (χ0) is 24.1. The van der Waals surface area contributed by atoms with Gasteiger partial charge in [-0.05, 0) is 43.5 Å². The van der Waals surface area contributed by atoms with Crippen LogP contribution in [0.15, 0.2) is 48.5 Å². The van der Waals surface area contributed by atoms with E-state index in [4.69, 9.17) is 9.47 Å². The van der Waals surface area contributed by atoms with Crippen LogP contribution in [-0.4, -0.2) is 36.8 Å². The molecule has 0 bridgehead atoms. The van der Waals surface area contributed by atoms with Crippen LogP contribution in [-0.2, 0) is 19.2 Å². The second-order valence-electron chi connectivity index (χ2n) is 7.15. The number of carbonyl (C=O) groups excluding carboxylic acids is 4. The van der Waals surface area contributed by atoms with E-state index in [1.807, 2.05) is 38.1 Å². The number of hydrogen-bond donors (Lipinski definition) is 4. The molecule has 2 aromatic carbocycles. The highest BCUT2D eigenvalue weighted by molar-refractivity contribution is 5.84. The Hall–Kier alpha value is -4.08. The van der Waals surface area contributed by atoms with Crippen LogP contribution in [0.4, 0.5) is 0 Å². The maximum atomic E-state index is 11.8. The Kier molecular flexibility index (Phi) is 10.2. The summed E-state index contributed by atoms with van der Waals surface area (Å²) < 4.78 is 10.8. The molecular weight excluding hydrogens is 428 g/mol. The number of hydrogen-bond acceptors (Lipinski definition) is 6. The fourth-order valence-corrected chi connectivity index (χ4v) is 2.61. The molecule has 4 amide bonds. The number of para-hydroxylation sites is 2. The van der Waals surface area contributed by atoms with E-state index in [2.05, 4.69) is 21.7 Å². The Balaban J connectivity index is 1.53. The zero-order valence-corrected chi connectivity index (χ0v) is 18.6. The summed E-state index contributed by atoms with van der Waals surface area (Å²) in [7, 11) is 0. The van der Waals surface area contributed by atoms with E-state index in [0.29, 0.717) is 11.5 Å². The zero-order valence-electron chi connectivity index (χ0n) is 18.6. The van der Waals surface area contributed by atoms with Gasteiger partial charge in [0.2, 0.25) is 11.8 Å². The third-order valence-corrected chi connectivity index (χ3v) is 4.40. The molecule has 0 radical (unpaired) electrons. The van der Waals surface area contributed by atoms with Crippen LogP contribution in [0.2, 0.25) is 0 Å². The standard InChI is InChI=1S/C23H28N4O6/c1-16-8-3-5-10-18(16)32-14-22(30)26-24-20(28)12-7-13-21(29)25-27-23(31)15-33-19-11-6-4-9-17(19)2/h3-6,8-11H,7,12-15H2,1-2H3,(H,24,28)(H,25,29)(H,26,30)(H,27,31). The molecule has 0 aliphatic rings. The summed E-state index contributed by atoms with van der Waals surface area (Å²) in [5.41, 5.74) is 10.8. The van der Waals surface area contributed by atoms with Gasteiger partial charge in [-0.1, -0.05) is 36.4 Å². The first-order valence-corrected chi connectivity index (χ1v) is 10.4. The lowest BCUT2D eigenvalue weighted by atomic mass is 10.2. The van der Waals surface area contributed by atoms with Crippen LogP contribution in [0.25, 0.3) is 0 Å². The summed E-state index contributed by atoms with van der Waals surface area (Å²) >= 11 is 0. The molecule has 0 spiro atoms. The first-order valence-electron chi connectivity index (χ1n) is 10.4. The predicted octanol–water partition coefficient (Wildman–Crippen LogP) is 1.23. The van der Waals surface area contributed by atoms with Crippen LogP contribution in [0, 0.1) is 13.8 Å². The number of carbonyl (C=O) groups is 4. The molecule has 33 heavy (non-hydrogen) atoms. The van der Waals surface area contributed by atoms with Crippen molar-refractivity contribution >= 4 is 23.6 Å². The molecule has 0 atom stereocenters. The number of amides is 4. The van der Waals surface area contributed by atoms with Gasteiger partial charge in [0, 0.05) is 12.8 Å². The van der Waals surface area contributed by atoms with E-state index in [1.165, 1.54) is 0 Å². The average Bonchev–Trinajstić information content (AvgIpc) is 2.80. The van der Waals surface area contributed by atoms with Gasteiger partial charge in [-0.2, -0.15) is 0 Å². The highest BCUT2D eigenvalue weighted by Gasteiger charge is 2.10. The topological polar surface area (TPSA) is 135 Å². The minimum Gasteiger partial charge on any atom is -0.483 e. The van der Waals surface area contributed by atoms with Gasteiger partial charge >= 0.3 is 0 Å². The number of benzene rings is 2. The van der Waals surface area contributed by atoms with E-state index in [-0.39, 0.29) is 32.5 Å². The Labute approximate surface area is 192 Å². The highest BCUT2D eigenvalue weighted by Crippen LogP contribution is 2.16. The van der Waals surface area contributed by atoms with Crippen LogP contribution < -0.4 is 31.2 Å². The maximum Gasteiger partial charge on any atom is 0.276 e. The summed E-state index contributed by atoms with van der Waals surface area (Å²) in [5.74, 6) is -0.775. The molecule has 10 heteroatoms. The largest absolute Gasteiger partial charge is 0.483 e. The van der Waals surface area contributed by atoms with Gasteiger partial charge in [-0.15, -0.1) is 0 Å². The third-order valence-electron chi connectivity index (χ3n) is 4.40. The smallest absolute Gasteiger partial charge is 0.276 e. The van der Waals surface area contributed by atoms with Gasteiger partial charge in [0.1, 0.15) is 11.5 Å². The molecular formula is C23H28N4O6. The van der Waals surface area contributed by atoms with Gasteiger partial charge in [0.15, 0.2) is 13.2 Å². The lowest BCUT2D eigenvalue weighted by Gasteiger charge is -2.11. The van der Waals surface area contributed by atoms with Crippen molar-refractivity contribution in [3.05, 3.63) is 59.7 Å². The van der Waals surface area contributed by atoms with Crippen LogP contribution in [0.5, 0.6) is 11.5 Å². The lowest BCUT2D eigenvalue weighted by Crippen LogP contribution is -2.44. The summed E-state index contributed by atoms with van der Waals surface area (Å²) in [6.07, 6.45) is 0.246. The quantitative estimate of drug-likeness (QED) is 0.397. The van der Waals surface area contributed by atoms with Crippen LogP contribution in [0.3, 0.4) is 0 Å². The maximum absolute atomic E-state index is 11.8. The van der Waals surface area contributed by atoms with Gasteiger partial charge < -0.3 is 9.47 Å². The number of ether oxygens (including phenoxy) is 2. The van der Waals surface area contributed by atoms with Crippen molar-refractivity contribution in [2.75, 3.05) is 13.2 Å². The number of nitrogens with one attached hydrogen (secondary N) is 4. The van der Waals surface area contributed by atoms with Crippen molar-refractivity contribution < 1.29 is 28.7 Å². The fourth-order valence-electron chi connectivity index (χ4n) is 2.61. The SMILES string of the molecule is Cc1ccccc1OCC(=O)NNC(=O)CCCC(=O)NNC(=O)COc1ccccc1C. The average molecular weight is 456 g/mol. The molecule has 0 heterocycles. The van der Waals surface area contributed by atoms with Crippen molar-refractivity contribution in [3.8, 4) is 11.5 Å². The Morgan fingerprint density at radius 1 is 0.606 bits per heavy atom. The molecule has 0 saturated carbocycles. The van der Waals surface area contributed by atoms with E-state index >= 15 is 0 Å². The van der Waals surface area contributed by atoms with E-state index in [9.17, 15) is 19.2 Å². The van der Waals surface area contributed by atoms with Crippen molar-refractivity contribution in [3.63, 3.8) is 0 Å². The summed E-state index contributed by atoms with van der Waals surface area (Å²) in [6, 6.07) is 14.5. The summed E-state index contributed by atoms with van der Waals surface area (Å²) in [4.78, 5) is 47.1. The van der Waals surface area contributed by atoms with Gasteiger partial charge in [0.25, 0.3) is 11.8 Å². The normalized spacial score (nSPS) is 10.0.